The van der Waals surface area contributed by atoms with E-state index in [2.05, 4.69) is 17.3 Å². The standard InChI is InChI=1S/C15H23FN2.ClH/c1-12-8-13(5-6-15(12)16)10-18(2)11-14-4-3-7-17-9-14;/h5-6,8,14,17H,3-4,7,9-11H2,1-2H3;1H. The van der Waals surface area contributed by atoms with E-state index < -0.39 is 0 Å². The van der Waals surface area contributed by atoms with Crippen LogP contribution in [0.5, 0.6) is 0 Å². The summed E-state index contributed by atoms with van der Waals surface area (Å²) in [5.74, 6) is 0.642. The maximum Gasteiger partial charge on any atom is 0.126 e. The first kappa shape index (κ1) is 16.4. The molecule has 1 aliphatic heterocycles. The molecule has 1 aromatic rings. The monoisotopic (exact) mass is 286 g/mol. The van der Waals surface area contributed by atoms with Gasteiger partial charge in [-0.2, -0.15) is 0 Å². The molecule has 1 heterocycles. The van der Waals surface area contributed by atoms with Crippen LogP contribution in [-0.2, 0) is 6.54 Å². The van der Waals surface area contributed by atoms with Crippen LogP contribution >= 0.6 is 12.4 Å². The zero-order valence-electron chi connectivity index (χ0n) is 11.8. The molecule has 2 nitrogen and oxygen atoms in total. The van der Waals surface area contributed by atoms with Gasteiger partial charge in [-0.05, 0) is 63.0 Å². The van der Waals surface area contributed by atoms with Crippen molar-refractivity contribution in [3.05, 3.63) is 35.1 Å². The molecular weight excluding hydrogens is 263 g/mol. The van der Waals surface area contributed by atoms with Gasteiger partial charge in [-0.25, -0.2) is 4.39 Å². The van der Waals surface area contributed by atoms with Gasteiger partial charge in [0, 0.05) is 13.1 Å². The largest absolute Gasteiger partial charge is 0.316 e. The number of benzene rings is 1. The molecule has 1 unspecified atom stereocenters. The van der Waals surface area contributed by atoms with Crippen molar-refractivity contribution in [3.8, 4) is 0 Å². The van der Waals surface area contributed by atoms with E-state index in [1.165, 1.54) is 18.4 Å². The van der Waals surface area contributed by atoms with E-state index in [0.717, 1.165) is 37.7 Å². The van der Waals surface area contributed by atoms with Gasteiger partial charge in [-0.15, -0.1) is 12.4 Å². The van der Waals surface area contributed by atoms with Gasteiger partial charge in [0.15, 0.2) is 0 Å². The van der Waals surface area contributed by atoms with Crippen molar-refractivity contribution in [1.82, 2.24) is 10.2 Å². The smallest absolute Gasteiger partial charge is 0.126 e. The lowest BCUT2D eigenvalue weighted by atomic mass is 9.99. The molecule has 0 amide bonds. The molecule has 0 spiro atoms. The van der Waals surface area contributed by atoms with Gasteiger partial charge in [-0.1, -0.05) is 12.1 Å². The van der Waals surface area contributed by atoms with Gasteiger partial charge < -0.3 is 10.2 Å². The molecule has 4 heteroatoms. The van der Waals surface area contributed by atoms with Crippen LogP contribution in [0.2, 0.25) is 0 Å². The van der Waals surface area contributed by atoms with Crippen molar-refractivity contribution >= 4 is 12.4 Å². The van der Waals surface area contributed by atoms with Gasteiger partial charge in [0.25, 0.3) is 0 Å². The third-order valence-corrected chi connectivity index (χ3v) is 3.64. The van der Waals surface area contributed by atoms with Crippen LogP contribution in [0, 0.1) is 18.7 Å². The fourth-order valence-corrected chi connectivity index (χ4v) is 2.70. The zero-order chi connectivity index (χ0) is 13.0. The number of halogens is 2. The highest BCUT2D eigenvalue weighted by molar-refractivity contribution is 5.85. The fourth-order valence-electron chi connectivity index (χ4n) is 2.70. The SMILES string of the molecule is Cc1cc(CN(C)CC2CCCNC2)ccc1F.Cl. The van der Waals surface area contributed by atoms with Gasteiger partial charge in [-0.3, -0.25) is 0 Å². The van der Waals surface area contributed by atoms with Crippen molar-refractivity contribution in [3.63, 3.8) is 0 Å². The molecule has 2 rings (SSSR count). The van der Waals surface area contributed by atoms with Crippen molar-refractivity contribution < 1.29 is 4.39 Å². The van der Waals surface area contributed by atoms with E-state index >= 15 is 0 Å². The topological polar surface area (TPSA) is 15.3 Å². The molecule has 0 aliphatic carbocycles. The summed E-state index contributed by atoms with van der Waals surface area (Å²) in [5, 5.41) is 3.44. The van der Waals surface area contributed by atoms with Crippen LogP contribution < -0.4 is 5.32 Å². The minimum atomic E-state index is -0.113. The first-order valence-corrected chi connectivity index (χ1v) is 6.79. The summed E-state index contributed by atoms with van der Waals surface area (Å²) in [6, 6.07) is 5.41. The van der Waals surface area contributed by atoms with Crippen molar-refractivity contribution in [2.75, 3.05) is 26.7 Å². The summed E-state index contributed by atoms with van der Waals surface area (Å²) in [6.07, 6.45) is 2.61. The minimum Gasteiger partial charge on any atom is -0.316 e. The molecular formula is C15H24ClFN2. The summed E-state index contributed by atoms with van der Waals surface area (Å²) in [4.78, 5) is 2.34. The predicted molar refractivity (Wildman–Crippen MR) is 80.3 cm³/mol. The Labute approximate surface area is 121 Å². The van der Waals surface area contributed by atoms with Crippen molar-refractivity contribution in [1.29, 1.82) is 0 Å². The lowest BCUT2D eigenvalue weighted by Crippen LogP contribution is -2.36. The molecule has 108 valence electrons. The quantitative estimate of drug-likeness (QED) is 0.915. The van der Waals surface area contributed by atoms with E-state index in [0.29, 0.717) is 0 Å². The summed E-state index contributed by atoms with van der Waals surface area (Å²) < 4.78 is 13.2. The lowest BCUT2D eigenvalue weighted by molar-refractivity contribution is 0.237. The third kappa shape index (κ3) is 5.09. The van der Waals surface area contributed by atoms with E-state index in [-0.39, 0.29) is 18.2 Å². The Bertz CT molecular complexity index is 392. The average Bonchev–Trinajstić information content (AvgIpc) is 2.35. The van der Waals surface area contributed by atoms with Crippen molar-refractivity contribution in [2.24, 2.45) is 5.92 Å². The van der Waals surface area contributed by atoms with E-state index in [1.54, 1.807) is 6.07 Å². The number of nitrogens with zero attached hydrogens (tertiary/aromatic N) is 1. The highest BCUT2D eigenvalue weighted by Gasteiger charge is 2.15. The normalized spacial score (nSPS) is 19.3. The Morgan fingerprint density at radius 2 is 2.21 bits per heavy atom. The van der Waals surface area contributed by atoms with E-state index in [9.17, 15) is 4.39 Å². The molecule has 1 aromatic carbocycles. The second-order valence-corrected chi connectivity index (χ2v) is 5.49. The molecule has 0 bridgehead atoms. The molecule has 0 radical (unpaired) electrons. The number of piperidine rings is 1. The summed E-state index contributed by atoms with van der Waals surface area (Å²) in [5.41, 5.74) is 1.93. The number of nitrogens with one attached hydrogen (secondary N) is 1. The van der Waals surface area contributed by atoms with Gasteiger partial charge in [0.1, 0.15) is 5.82 Å². The molecule has 1 saturated heterocycles. The van der Waals surface area contributed by atoms with E-state index in [4.69, 9.17) is 0 Å². The number of rotatable bonds is 4. The third-order valence-electron chi connectivity index (χ3n) is 3.64. The van der Waals surface area contributed by atoms with Crippen LogP contribution in [0.3, 0.4) is 0 Å². The predicted octanol–water partition coefficient (Wildman–Crippen LogP) is 2.99. The maximum absolute atomic E-state index is 13.2. The summed E-state index contributed by atoms with van der Waals surface area (Å²) in [6.45, 7) is 6.13. The molecule has 1 aliphatic rings. The molecule has 1 atom stereocenters. The fraction of sp³-hybridized carbons (Fsp3) is 0.600. The first-order valence-electron chi connectivity index (χ1n) is 6.79. The van der Waals surface area contributed by atoms with Crippen LogP contribution in [0.4, 0.5) is 4.39 Å². The molecule has 1 fully saturated rings. The summed E-state index contributed by atoms with van der Waals surface area (Å²) >= 11 is 0. The average molecular weight is 287 g/mol. The zero-order valence-corrected chi connectivity index (χ0v) is 12.6. The Balaban J connectivity index is 0.00000180. The number of hydrogen-bond acceptors (Lipinski definition) is 2. The molecule has 0 saturated carbocycles. The van der Waals surface area contributed by atoms with Crippen LogP contribution in [-0.4, -0.2) is 31.6 Å². The van der Waals surface area contributed by atoms with Crippen LogP contribution in [0.1, 0.15) is 24.0 Å². The van der Waals surface area contributed by atoms with Crippen LogP contribution in [0.15, 0.2) is 18.2 Å². The molecule has 19 heavy (non-hydrogen) atoms. The Morgan fingerprint density at radius 1 is 1.42 bits per heavy atom. The van der Waals surface area contributed by atoms with E-state index in [1.807, 2.05) is 19.1 Å². The first-order chi connectivity index (χ1) is 8.65. The Morgan fingerprint density at radius 3 is 2.84 bits per heavy atom. The Kier molecular flexibility index (Phi) is 6.76. The summed E-state index contributed by atoms with van der Waals surface area (Å²) in [7, 11) is 2.15. The lowest BCUT2D eigenvalue weighted by Gasteiger charge is -2.27. The highest BCUT2D eigenvalue weighted by Crippen LogP contribution is 2.14. The molecule has 0 aromatic heterocycles. The second kappa shape index (κ2) is 7.83. The van der Waals surface area contributed by atoms with Gasteiger partial charge >= 0.3 is 0 Å². The Hall–Kier alpha value is -0.640. The van der Waals surface area contributed by atoms with Crippen molar-refractivity contribution in [2.45, 2.75) is 26.3 Å². The van der Waals surface area contributed by atoms with Gasteiger partial charge in [0.05, 0.1) is 0 Å². The second-order valence-electron chi connectivity index (χ2n) is 5.49. The number of hydrogen-bond donors (Lipinski definition) is 1. The van der Waals surface area contributed by atoms with Crippen LogP contribution in [0.25, 0.3) is 0 Å². The number of aryl methyl sites for hydroxylation is 1. The molecule has 1 N–H and O–H groups in total. The minimum absolute atomic E-state index is 0. The van der Waals surface area contributed by atoms with Gasteiger partial charge in [0.2, 0.25) is 0 Å². The maximum atomic E-state index is 13.2. The highest BCUT2D eigenvalue weighted by atomic mass is 35.5.